The number of rotatable bonds is 27. The maximum Gasteiger partial charge on any atom is 0.253 e. The molecule has 4 rings (SSSR count). The highest BCUT2D eigenvalue weighted by Crippen LogP contribution is 2.17. The fraction of sp³-hybridized carbons (Fsp3) is 0.409. The third-order valence-corrected chi connectivity index (χ3v) is 12.2. The normalized spacial score (nSPS) is 12.1. The fourth-order valence-corrected chi connectivity index (χ4v) is 8.76. The number of unbranched alkanes of at least 4 members (excludes halogenated alkanes) is 7. The van der Waals surface area contributed by atoms with E-state index >= 15 is 0 Å². The Bertz CT molecular complexity index is 1670. The third-order valence-electron chi connectivity index (χ3n) is 9.20. The Labute approximate surface area is 357 Å². The number of amides is 2. The van der Waals surface area contributed by atoms with Crippen molar-refractivity contribution in [3.05, 3.63) is 129 Å². The second-order valence-electron chi connectivity index (χ2n) is 13.7. The summed E-state index contributed by atoms with van der Waals surface area (Å²) in [5, 5.41) is 5.90. The SMILES string of the molecule is O=C(N[C@@H](Cc1ccccc1)C(=O)CCSCCCCCCCCCCSCCC(=O)[C@H](Cc1ccccc1)NC(=O)c1cncc(Br)c1)c1cncc(Br)c1. The van der Waals surface area contributed by atoms with Gasteiger partial charge in [-0.3, -0.25) is 29.1 Å². The molecule has 56 heavy (non-hydrogen) atoms. The molecule has 0 spiro atoms. The summed E-state index contributed by atoms with van der Waals surface area (Å²) < 4.78 is 1.43. The van der Waals surface area contributed by atoms with Crippen molar-refractivity contribution >= 4 is 78.8 Å². The van der Waals surface area contributed by atoms with E-state index in [2.05, 4.69) is 52.5 Å². The Morgan fingerprint density at radius 2 is 0.893 bits per heavy atom. The minimum Gasteiger partial charge on any atom is -0.342 e. The number of nitrogens with zero attached hydrogens (tertiary/aromatic N) is 2. The predicted molar refractivity (Wildman–Crippen MR) is 238 cm³/mol. The molecule has 0 aliphatic heterocycles. The van der Waals surface area contributed by atoms with Gasteiger partial charge in [0.25, 0.3) is 11.8 Å². The lowest BCUT2D eigenvalue weighted by atomic mass is 10.0. The molecular weight excluding hydrogens is 872 g/mol. The molecule has 8 nitrogen and oxygen atoms in total. The molecule has 0 saturated carbocycles. The lowest BCUT2D eigenvalue weighted by Crippen LogP contribution is -2.42. The molecule has 2 aromatic heterocycles. The van der Waals surface area contributed by atoms with Gasteiger partial charge < -0.3 is 10.6 Å². The number of pyridine rings is 2. The monoisotopic (exact) mass is 922 g/mol. The number of hydrogen-bond donors (Lipinski definition) is 2. The minimum atomic E-state index is -0.585. The Balaban J connectivity index is 1.02. The Hall–Kier alpha value is -3.32. The lowest BCUT2D eigenvalue weighted by molar-refractivity contribution is -0.121. The molecule has 2 N–H and O–H groups in total. The van der Waals surface area contributed by atoms with Gasteiger partial charge in [-0.15, -0.1) is 0 Å². The van der Waals surface area contributed by atoms with E-state index in [1.54, 1.807) is 24.5 Å². The first-order valence-electron chi connectivity index (χ1n) is 19.4. The van der Waals surface area contributed by atoms with E-state index in [0.717, 1.165) is 47.0 Å². The van der Waals surface area contributed by atoms with Gasteiger partial charge >= 0.3 is 0 Å². The molecule has 298 valence electrons. The van der Waals surface area contributed by atoms with Gasteiger partial charge in [-0.1, -0.05) is 99.2 Å². The maximum absolute atomic E-state index is 13.2. The van der Waals surface area contributed by atoms with E-state index in [-0.39, 0.29) is 23.4 Å². The Morgan fingerprint density at radius 3 is 1.27 bits per heavy atom. The van der Waals surface area contributed by atoms with Crippen LogP contribution < -0.4 is 10.6 Å². The quantitative estimate of drug-likeness (QED) is 0.0568. The van der Waals surface area contributed by atoms with Crippen LogP contribution in [0.25, 0.3) is 0 Å². The Kier molecular flexibility index (Phi) is 21.5. The summed E-state index contributed by atoms with van der Waals surface area (Å²) in [4.78, 5) is 60.4. The van der Waals surface area contributed by atoms with Gasteiger partial charge in [-0.2, -0.15) is 23.5 Å². The molecular formula is C44H52Br2N4O4S2. The van der Waals surface area contributed by atoms with Crippen molar-refractivity contribution in [3.63, 3.8) is 0 Å². The molecule has 12 heteroatoms. The highest BCUT2D eigenvalue weighted by Gasteiger charge is 2.23. The first kappa shape index (κ1) is 45.4. The van der Waals surface area contributed by atoms with Crippen molar-refractivity contribution < 1.29 is 19.2 Å². The van der Waals surface area contributed by atoms with E-state index in [1.807, 2.05) is 84.2 Å². The summed E-state index contributed by atoms with van der Waals surface area (Å²) in [5.41, 5.74) is 2.87. The van der Waals surface area contributed by atoms with E-state index in [0.29, 0.717) is 45.8 Å². The maximum atomic E-state index is 13.2. The van der Waals surface area contributed by atoms with Gasteiger partial charge in [0.2, 0.25) is 0 Å². The van der Waals surface area contributed by atoms with Gasteiger partial charge in [0, 0.05) is 58.1 Å². The van der Waals surface area contributed by atoms with Gasteiger partial charge in [-0.05, 0) is 92.3 Å². The van der Waals surface area contributed by atoms with E-state index in [1.165, 1.54) is 50.9 Å². The van der Waals surface area contributed by atoms with E-state index < -0.39 is 12.1 Å². The van der Waals surface area contributed by atoms with Crippen LogP contribution in [-0.4, -0.2) is 68.4 Å². The Morgan fingerprint density at radius 1 is 0.518 bits per heavy atom. The van der Waals surface area contributed by atoms with E-state index in [9.17, 15) is 19.2 Å². The van der Waals surface area contributed by atoms with Crippen molar-refractivity contribution in [2.45, 2.75) is 89.1 Å². The number of ketones is 2. The molecule has 0 saturated heterocycles. The van der Waals surface area contributed by atoms with Crippen LogP contribution in [0.3, 0.4) is 0 Å². The summed E-state index contributed by atoms with van der Waals surface area (Å²) in [6.07, 6.45) is 17.6. The second kappa shape index (κ2) is 26.6. The van der Waals surface area contributed by atoms with Gasteiger partial charge in [0.05, 0.1) is 23.2 Å². The number of aromatic nitrogens is 2. The second-order valence-corrected chi connectivity index (χ2v) is 18.0. The van der Waals surface area contributed by atoms with Crippen LogP contribution in [0.5, 0.6) is 0 Å². The zero-order chi connectivity index (χ0) is 39.8. The summed E-state index contributed by atoms with van der Waals surface area (Å²) in [7, 11) is 0. The number of nitrogens with one attached hydrogen (secondary N) is 2. The van der Waals surface area contributed by atoms with Gasteiger partial charge in [0.15, 0.2) is 11.6 Å². The minimum absolute atomic E-state index is 0.0495. The molecule has 2 atom stereocenters. The molecule has 0 aliphatic carbocycles. The molecule has 0 fully saturated rings. The number of carbonyl (C=O) groups excluding carboxylic acids is 4. The van der Waals surface area contributed by atoms with Crippen molar-refractivity contribution in [2.75, 3.05) is 23.0 Å². The fourth-order valence-electron chi connectivity index (χ4n) is 6.11. The topological polar surface area (TPSA) is 118 Å². The van der Waals surface area contributed by atoms with Crippen LogP contribution in [0.1, 0.15) is 96.1 Å². The lowest BCUT2D eigenvalue weighted by Gasteiger charge is -2.18. The molecule has 2 amide bonds. The standard InChI is InChI=1S/C44H52Br2N4O4S2/c45-37-27-35(29-47-31-37)43(53)49-39(25-33-15-9-7-10-16-33)41(51)19-23-55-21-13-5-3-1-2-4-6-14-22-56-24-20-42(52)40(26-34-17-11-8-12-18-34)50-44(54)36-28-38(46)32-48-30-36/h7-12,15-18,27-32,39-40H,1-6,13-14,19-26H2,(H,49,53)(H,50,54)/t39-,40-/m0/s1. The molecule has 0 unspecified atom stereocenters. The average Bonchev–Trinajstić information content (AvgIpc) is 3.20. The molecule has 2 aromatic carbocycles. The van der Waals surface area contributed by atoms with Crippen LogP contribution in [0.4, 0.5) is 0 Å². The summed E-state index contributed by atoms with van der Waals surface area (Å²) in [6.45, 7) is 0. The summed E-state index contributed by atoms with van der Waals surface area (Å²) in [5.74, 6) is 3.07. The highest BCUT2D eigenvalue weighted by molar-refractivity contribution is 9.10. The van der Waals surface area contributed by atoms with Crippen molar-refractivity contribution in [1.82, 2.24) is 20.6 Å². The van der Waals surface area contributed by atoms with Crippen LogP contribution in [0, 0.1) is 0 Å². The average molecular weight is 925 g/mol. The van der Waals surface area contributed by atoms with Gasteiger partial charge in [0.1, 0.15) is 0 Å². The summed E-state index contributed by atoms with van der Waals surface area (Å²) in [6, 6.07) is 21.8. The number of halogens is 2. The predicted octanol–water partition coefficient (Wildman–Crippen LogP) is 9.89. The number of benzene rings is 2. The van der Waals surface area contributed by atoms with Crippen LogP contribution in [0.15, 0.2) is 107 Å². The molecule has 0 aliphatic rings. The molecule has 2 heterocycles. The van der Waals surface area contributed by atoms with Crippen molar-refractivity contribution in [2.24, 2.45) is 0 Å². The smallest absolute Gasteiger partial charge is 0.253 e. The molecule has 0 bridgehead atoms. The van der Waals surface area contributed by atoms with Crippen LogP contribution in [-0.2, 0) is 22.4 Å². The summed E-state index contributed by atoms with van der Waals surface area (Å²) >= 11 is 10.3. The largest absolute Gasteiger partial charge is 0.342 e. The van der Waals surface area contributed by atoms with Crippen molar-refractivity contribution in [3.8, 4) is 0 Å². The number of hydrogen-bond acceptors (Lipinski definition) is 8. The number of thioether (sulfide) groups is 2. The molecule has 0 radical (unpaired) electrons. The first-order valence-corrected chi connectivity index (χ1v) is 23.3. The van der Waals surface area contributed by atoms with E-state index in [4.69, 9.17) is 0 Å². The zero-order valence-electron chi connectivity index (χ0n) is 31.8. The van der Waals surface area contributed by atoms with Gasteiger partial charge in [-0.25, -0.2) is 0 Å². The van der Waals surface area contributed by atoms with Crippen LogP contribution in [0.2, 0.25) is 0 Å². The number of Topliss-reactive ketones (excluding diaryl/α,β-unsaturated/α-hetero) is 2. The van der Waals surface area contributed by atoms with Crippen LogP contribution >= 0.6 is 55.4 Å². The third kappa shape index (κ3) is 17.9. The first-order chi connectivity index (χ1) is 27.3. The highest BCUT2D eigenvalue weighted by atomic mass is 79.9. The van der Waals surface area contributed by atoms with Crippen molar-refractivity contribution in [1.29, 1.82) is 0 Å². The zero-order valence-corrected chi connectivity index (χ0v) is 36.6. The number of carbonyl (C=O) groups is 4. The molecule has 4 aromatic rings.